The van der Waals surface area contributed by atoms with Crippen LogP contribution in [0.2, 0.25) is 5.02 Å². The molecule has 2 bridgehead atoms. The number of methoxy groups -OCH3 is 1. The highest BCUT2D eigenvalue weighted by atomic mass is 35.5. The molecule has 0 spiro atoms. The van der Waals surface area contributed by atoms with E-state index in [1.165, 1.54) is 16.9 Å². The van der Waals surface area contributed by atoms with Gasteiger partial charge in [-0.1, -0.05) is 48.0 Å². The highest BCUT2D eigenvalue weighted by molar-refractivity contribution is 6.34. The zero-order valence-electron chi connectivity index (χ0n) is 18.1. The number of halogens is 1. The number of likely N-dealkylation sites (tertiary alicyclic amines) is 1. The normalized spacial score (nSPS) is 30.8. The number of allylic oxidation sites excluding steroid dienone is 2. The molecule has 4 aliphatic carbocycles. The summed E-state index contributed by atoms with van der Waals surface area (Å²) in [5.41, 5.74) is 0.772. The van der Waals surface area contributed by atoms with E-state index in [-0.39, 0.29) is 42.2 Å². The van der Waals surface area contributed by atoms with Gasteiger partial charge in [-0.3, -0.25) is 24.2 Å². The van der Waals surface area contributed by atoms with Gasteiger partial charge in [-0.25, -0.2) is 0 Å². The van der Waals surface area contributed by atoms with E-state index in [1.807, 2.05) is 0 Å². The van der Waals surface area contributed by atoms with Crippen LogP contribution in [-0.4, -0.2) is 36.4 Å². The molecule has 1 saturated heterocycles. The summed E-state index contributed by atoms with van der Waals surface area (Å²) in [5, 5.41) is 0.303. The van der Waals surface area contributed by atoms with Crippen LogP contribution in [0.3, 0.4) is 0 Å². The quantitative estimate of drug-likeness (QED) is 0.497. The van der Waals surface area contributed by atoms with Crippen LogP contribution >= 0.6 is 11.6 Å². The molecule has 33 heavy (non-hydrogen) atoms. The smallest absolute Gasteiger partial charge is 0.261 e. The number of para-hydroxylation sites is 2. The Labute approximate surface area is 196 Å². The summed E-state index contributed by atoms with van der Waals surface area (Å²) >= 11 is 6.33. The van der Waals surface area contributed by atoms with E-state index < -0.39 is 5.91 Å². The van der Waals surface area contributed by atoms with Gasteiger partial charge < -0.3 is 4.74 Å². The molecule has 2 saturated carbocycles. The van der Waals surface area contributed by atoms with Gasteiger partial charge in [0.2, 0.25) is 11.8 Å². The van der Waals surface area contributed by atoms with Gasteiger partial charge in [0.15, 0.2) is 0 Å². The second-order valence-electron chi connectivity index (χ2n) is 9.29. The van der Waals surface area contributed by atoms with Gasteiger partial charge in [-0.2, -0.15) is 0 Å². The largest absolute Gasteiger partial charge is 0.495 e. The van der Waals surface area contributed by atoms with Gasteiger partial charge in [-0.15, -0.1) is 0 Å². The first-order chi connectivity index (χ1) is 16.0. The van der Waals surface area contributed by atoms with Crippen LogP contribution in [-0.2, 0) is 9.59 Å². The van der Waals surface area contributed by atoms with Crippen LogP contribution in [0.4, 0.5) is 5.69 Å². The first kappa shape index (κ1) is 20.5. The van der Waals surface area contributed by atoms with Gasteiger partial charge in [0.1, 0.15) is 12.4 Å². The Hall–Kier alpha value is -3.12. The van der Waals surface area contributed by atoms with Crippen LogP contribution in [0.15, 0.2) is 60.7 Å². The zero-order chi connectivity index (χ0) is 22.9. The predicted molar refractivity (Wildman–Crippen MR) is 123 cm³/mol. The lowest BCUT2D eigenvalue weighted by Crippen LogP contribution is -2.45. The molecular formula is C26H23ClN2O4. The number of hydrogen-bond acceptors (Lipinski definition) is 4. The molecule has 7 heteroatoms. The van der Waals surface area contributed by atoms with E-state index in [1.54, 1.807) is 48.5 Å². The topological polar surface area (TPSA) is 66.9 Å². The van der Waals surface area contributed by atoms with Crippen molar-refractivity contribution in [3.05, 3.63) is 71.3 Å². The molecule has 1 aliphatic heterocycles. The maximum Gasteiger partial charge on any atom is 0.261 e. The van der Waals surface area contributed by atoms with E-state index in [9.17, 15) is 14.4 Å². The molecule has 2 aromatic carbocycles. The van der Waals surface area contributed by atoms with Crippen molar-refractivity contribution in [2.24, 2.45) is 35.5 Å². The fourth-order valence-corrected chi connectivity index (χ4v) is 6.40. The minimum atomic E-state index is -0.399. The lowest BCUT2D eigenvalue weighted by Gasteiger charge is -2.37. The number of anilines is 1. The summed E-state index contributed by atoms with van der Waals surface area (Å²) in [7, 11) is 1.52. The highest BCUT2D eigenvalue weighted by Crippen LogP contribution is 2.65. The molecule has 2 aromatic rings. The number of hydrogen-bond donors (Lipinski definition) is 0. The minimum Gasteiger partial charge on any atom is -0.495 e. The lowest BCUT2D eigenvalue weighted by molar-refractivity contribution is -0.140. The average molecular weight is 463 g/mol. The fourth-order valence-electron chi connectivity index (χ4n) is 6.18. The Morgan fingerprint density at radius 2 is 1.61 bits per heavy atom. The number of ether oxygens (including phenoxy) is 1. The van der Waals surface area contributed by atoms with Crippen LogP contribution in [0, 0.1) is 35.5 Å². The van der Waals surface area contributed by atoms with Crippen molar-refractivity contribution < 1.29 is 19.1 Å². The van der Waals surface area contributed by atoms with Gasteiger partial charge in [0, 0.05) is 0 Å². The van der Waals surface area contributed by atoms with Crippen LogP contribution in [0.25, 0.3) is 0 Å². The molecule has 3 fully saturated rings. The van der Waals surface area contributed by atoms with Crippen molar-refractivity contribution in [3.8, 4) is 5.75 Å². The van der Waals surface area contributed by atoms with E-state index in [4.69, 9.17) is 16.3 Å². The Morgan fingerprint density at radius 1 is 1.00 bits per heavy atom. The number of carbonyl (C=O) groups excluding carboxylic acids is 3. The summed E-state index contributed by atoms with van der Waals surface area (Å²) < 4.78 is 5.49. The molecule has 168 valence electrons. The second kappa shape index (κ2) is 7.45. The summed E-state index contributed by atoms with van der Waals surface area (Å²) in [6.45, 7) is -0.177. The SMILES string of the molecule is COc1ccccc1N(CN1C(=O)C2C3C=CC(C4CC34)C2C1=O)C(=O)c1ccccc1Cl. The Morgan fingerprint density at radius 3 is 2.24 bits per heavy atom. The maximum atomic E-state index is 13.7. The minimum absolute atomic E-state index is 0.130. The zero-order valence-corrected chi connectivity index (χ0v) is 18.8. The highest BCUT2D eigenvalue weighted by Gasteiger charge is 2.67. The predicted octanol–water partition coefficient (Wildman–Crippen LogP) is 4.01. The van der Waals surface area contributed by atoms with Crippen molar-refractivity contribution in [2.75, 3.05) is 18.7 Å². The number of imide groups is 1. The monoisotopic (exact) mass is 462 g/mol. The van der Waals surface area contributed by atoms with Crippen LogP contribution in [0.1, 0.15) is 16.8 Å². The summed E-state index contributed by atoms with van der Waals surface area (Å²) in [4.78, 5) is 43.4. The van der Waals surface area contributed by atoms with Crippen molar-refractivity contribution >= 4 is 35.0 Å². The lowest BCUT2D eigenvalue weighted by atomic mass is 9.63. The second-order valence-corrected chi connectivity index (χ2v) is 9.69. The number of rotatable bonds is 5. The standard InChI is InChI=1S/C26H23ClN2O4/c1-33-21-9-5-4-8-20(21)28(24(30)16-6-2-3-7-19(16)27)13-29-25(31)22-14-10-11-15(18-12-17(14)18)23(22)26(29)32/h2-11,14-15,17-18,22-23H,12-13H2,1H3. The molecule has 1 heterocycles. The molecule has 6 nitrogen and oxygen atoms in total. The third-order valence-electron chi connectivity index (χ3n) is 7.76. The Kier molecular flexibility index (Phi) is 4.63. The molecule has 3 amide bonds. The first-order valence-electron chi connectivity index (χ1n) is 11.2. The molecule has 7 rings (SSSR count). The molecule has 6 atom stereocenters. The van der Waals surface area contributed by atoms with E-state index in [0.29, 0.717) is 33.9 Å². The van der Waals surface area contributed by atoms with Gasteiger partial charge in [0.05, 0.1) is 35.2 Å². The van der Waals surface area contributed by atoms with Crippen molar-refractivity contribution in [2.45, 2.75) is 6.42 Å². The van der Waals surface area contributed by atoms with Crippen molar-refractivity contribution in [1.29, 1.82) is 0 Å². The molecule has 5 aliphatic rings. The molecule has 0 aromatic heterocycles. The summed E-state index contributed by atoms with van der Waals surface area (Å²) in [6.07, 6.45) is 5.39. The van der Waals surface area contributed by atoms with Crippen molar-refractivity contribution in [1.82, 2.24) is 4.90 Å². The molecular weight excluding hydrogens is 440 g/mol. The van der Waals surface area contributed by atoms with Crippen molar-refractivity contribution in [3.63, 3.8) is 0 Å². The summed E-state index contributed by atoms with van der Waals surface area (Å²) in [6, 6.07) is 13.8. The number of benzene rings is 2. The Bertz CT molecular complexity index is 1170. The van der Waals surface area contributed by atoms with Gasteiger partial charge >= 0.3 is 0 Å². The van der Waals surface area contributed by atoms with E-state index >= 15 is 0 Å². The third-order valence-corrected chi connectivity index (χ3v) is 8.09. The third kappa shape index (κ3) is 2.97. The van der Waals surface area contributed by atoms with Crippen LogP contribution < -0.4 is 9.64 Å². The first-order valence-corrected chi connectivity index (χ1v) is 11.6. The molecule has 0 N–H and O–H groups in total. The average Bonchev–Trinajstić information content (AvgIpc) is 3.62. The number of carbonyl (C=O) groups is 3. The van der Waals surface area contributed by atoms with E-state index in [2.05, 4.69) is 12.2 Å². The maximum absolute atomic E-state index is 13.7. The number of nitrogens with zero attached hydrogens (tertiary/aromatic N) is 2. The molecule has 0 radical (unpaired) electrons. The molecule has 6 unspecified atom stereocenters. The Balaban J connectivity index is 1.38. The number of amides is 3. The van der Waals surface area contributed by atoms with Gasteiger partial charge in [-0.05, 0) is 54.4 Å². The van der Waals surface area contributed by atoms with Gasteiger partial charge in [0.25, 0.3) is 5.91 Å². The summed E-state index contributed by atoms with van der Waals surface area (Å²) in [5.74, 6) is 0.388. The van der Waals surface area contributed by atoms with Crippen LogP contribution in [0.5, 0.6) is 5.75 Å². The van der Waals surface area contributed by atoms with E-state index in [0.717, 1.165) is 6.42 Å². The fraction of sp³-hybridized carbons (Fsp3) is 0.346.